The number of nitriles is 1. The molecule has 0 bridgehead atoms. The molecular formula is C27H43NO6Si3. The third-order valence-electron chi connectivity index (χ3n) is 5.92. The maximum absolute atomic E-state index is 12.5. The molecule has 0 saturated carbocycles. The fourth-order valence-corrected chi connectivity index (χ4v) is 15.9. The van der Waals surface area contributed by atoms with E-state index < -0.39 is 31.2 Å². The van der Waals surface area contributed by atoms with Gasteiger partial charge in [-0.05, 0) is 93.4 Å². The molecule has 2 rings (SSSR count). The molecule has 1 aromatic carbocycles. The molecule has 0 amide bonds. The van der Waals surface area contributed by atoms with E-state index in [0.717, 1.165) is 16.3 Å². The first-order valence-electron chi connectivity index (χ1n) is 12.6. The van der Waals surface area contributed by atoms with E-state index in [1.807, 2.05) is 12.1 Å². The number of carbonyl (C=O) groups is 1. The van der Waals surface area contributed by atoms with Crippen molar-refractivity contribution < 1.29 is 27.2 Å². The zero-order valence-electron chi connectivity index (χ0n) is 24.4. The second-order valence-corrected chi connectivity index (χ2v) is 24.7. The summed E-state index contributed by atoms with van der Waals surface area (Å²) in [5.41, 5.74) is 2.18. The van der Waals surface area contributed by atoms with Crippen LogP contribution in [0.3, 0.4) is 0 Å². The van der Waals surface area contributed by atoms with E-state index in [1.165, 1.54) is 0 Å². The predicted octanol–water partition coefficient (Wildman–Crippen LogP) is 6.47. The Hall–Kier alpha value is -2.17. The molecule has 1 aliphatic rings. The molecule has 10 heteroatoms. The molecule has 0 aliphatic heterocycles. The zero-order valence-corrected chi connectivity index (χ0v) is 27.4. The minimum atomic E-state index is -2.74. The Bertz CT molecular complexity index is 1110. The highest BCUT2D eigenvalue weighted by molar-refractivity contribution is 6.90. The Kier molecular flexibility index (Phi) is 9.47. The summed E-state index contributed by atoms with van der Waals surface area (Å²) < 4.78 is 30.3. The van der Waals surface area contributed by atoms with Crippen LogP contribution in [0.25, 0.3) is 5.57 Å². The van der Waals surface area contributed by atoms with Gasteiger partial charge in [0, 0.05) is 5.20 Å². The average Bonchev–Trinajstić information content (AvgIpc) is 2.99. The van der Waals surface area contributed by atoms with Gasteiger partial charge in [0.25, 0.3) is 0 Å². The Morgan fingerprint density at radius 2 is 1.62 bits per heavy atom. The number of fused-ring (bicyclic) bond motifs is 1. The molecular weight excluding hydrogens is 519 g/mol. The molecule has 204 valence electrons. The zero-order chi connectivity index (χ0) is 28.4. The highest BCUT2D eigenvalue weighted by Crippen LogP contribution is 2.50. The second kappa shape index (κ2) is 11.3. The Labute approximate surface area is 225 Å². The average molecular weight is 562 g/mol. The van der Waals surface area contributed by atoms with Gasteiger partial charge in [0.2, 0.25) is 0 Å². The highest BCUT2D eigenvalue weighted by Gasteiger charge is 2.43. The number of rotatable bonds is 11. The number of esters is 1. The first-order chi connectivity index (χ1) is 16.9. The van der Waals surface area contributed by atoms with Crippen molar-refractivity contribution in [3.63, 3.8) is 0 Å². The number of nitrogens with zero attached hydrogens (tertiary/aromatic N) is 1. The van der Waals surface area contributed by atoms with Crippen LogP contribution in [-0.4, -0.2) is 51.5 Å². The summed E-state index contributed by atoms with van der Waals surface area (Å²) in [4.78, 5) is 12.5. The maximum atomic E-state index is 12.5. The van der Waals surface area contributed by atoms with Crippen LogP contribution < -0.4 is 9.47 Å². The summed E-state index contributed by atoms with van der Waals surface area (Å²) in [7, 11) is -4.97. The van der Waals surface area contributed by atoms with Gasteiger partial charge in [-0.25, -0.2) is 4.79 Å². The van der Waals surface area contributed by atoms with Crippen LogP contribution in [0.1, 0.15) is 38.3 Å². The van der Waals surface area contributed by atoms with Crippen molar-refractivity contribution in [2.24, 2.45) is 0 Å². The number of hydrogen-bond acceptors (Lipinski definition) is 7. The van der Waals surface area contributed by atoms with Gasteiger partial charge in [0.05, 0.1) is 13.7 Å². The number of methoxy groups -OCH3 is 1. The molecule has 0 radical (unpaired) electrons. The number of carbonyl (C=O) groups excluding carboxylic acids is 1. The second-order valence-electron chi connectivity index (χ2n) is 12.1. The van der Waals surface area contributed by atoms with E-state index in [2.05, 4.69) is 72.3 Å². The summed E-state index contributed by atoms with van der Waals surface area (Å²) in [6.45, 7) is 25.7. The van der Waals surface area contributed by atoms with E-state index in [-0.39, 0.29) is 24.2 Å². The minimum Gasteiger partial charge on any atom is -0.493 e. The van der Waals surface area contributed by atoms with E-state index in [0.29, 0.717) is 23.5 Å². The number of hydrogen-bond donors (Lipinski definition) is 0. The van der Waals surface area contributed by atoms with E-state index in [1.54, 1.807) is 14.0 Å². The Balaban J connectivity index is 2.47. The van der Waals surface area contributed by atoms with Crippen molar-refractivity contribution >= 4 is 36.7 Å². The molecule has 0 fully saturated rings. The molecule has 0 spiro atoms. The van der Waals surface area contributed by atoms with E-state index in [9.17, 15) is 10.1 Å². The van der Waals surface area contributed by atoms with Crippen molar-refractivity contribution in [3.05, 3.63) is 40.6 Å². The fraction of sp³-hybridized carbons (Fsp3) is 0.556. The van der Waals surface area contributed by atoms with Gasteiger partial charge in [-0.1, -0.05) is 20.4 Å². The Morgan fingerprint density at radius 3 is 2.08 bits per heavy atom. The molecule has 0 atom stereocenters. The largest absolute Gasteiger partial charge is 0.493 e. The third kappa shape index (κ3) is 7.67. The Morgan fingerprint density at radius 1 is 1.05 bits per heavy atom. The van der Waals surface area contributed by atoms with Gasteiger partial charge in [-0.3, -0.25) is 0 Å². The number of allylic oxidation sites excluding steroid dienone is 1. The van der Waals surface area contributed by atoms with Crippen molar-refractivity contribution in [2.45, 2.75) is 78.4 Å². The van der Waals surface area contributed by atoms with Crippen LogP contribution in [0.2, 0.25) is 45.8 Å². The van der Waals surface area contributed by atoms with Crippen LogP contribution in [0.4, 0.5) is 0 Å². The monoisotopic (exact) mass is 561 g/mol. The SMILES string of the molecule is C=C(COc1cc2c(cc1OC)C(=C(C#N)C(=O)OCC)CC2(C)C)[Si](C)(O[Si](C)(C)C)O[Si](C)(C)C. The van der Waals surface area contributed by atoms with Gasteiger partial charge in [0.1, 0.15) is 18.2 Å². The quantitative estimate of drug-likeness (QED) is 0.132. The molecule has 0 unspecified atom stereocenters. The van der Waals surface area contributed by atoms with E-state index in [4.69, 9.17) is 22.4 Å². The summed E-state index contributed by atoms with van der Waals surface area (Å²) >= 11 is 0. The van der Waals surface area contributed by atoms with Gasteiger partial charge in [-0.15, -0.1) is 0 Å². The van der Waals surface area contributed by atoms with Crippen LogP contribution in [0, 0.1) is 11.3 Å². The normalized spacial score (nSPS) is 16.5. The molecule has 0 aromatic heterocycles. The molecule has 37 heavy (non-hydrogen) atoms. The summed E-state index contributed by atoms with van der Waals surface area (Å²) in [6, 6.07) is 5.86. The molecule has 1 aromatic rings. The highest BCUT2D eigenvalue weighted by atomic mass is 28.5. The van der Waals surface area contributed by atoms with Crippen LogP contribution in [0.5, 0.6) is 11.5 Å². The van der Waals surface area contributed by atoms with Crippen molar-refractivity contribution in [2.75, 3.05) is 20.3 Å². The van der Waals surface area contributed by atoms with Crippen LogP contribution >= 0.6 is 0 Å². The number of ether oxygens (including phenoxy) is 3. The fourth-order valence-electron chi connectivity index (χ4n) is 4.57. The molecule has 0 N–H and O–H groups in total. The van der Waals surface area contributed by atoms with Gasteiger partial charge >= 0.3 is 14.5 Å². The van der Waals surface area contributed by atoms with Crippen LogP contribution in [-0.2, 0) is 23.2 Å². The lowest BCUT2D eigenvalue weighted by Gasteiger charge is -2.39. The standard InChI is InChI=1S/C27H43NO6Si3/c1-13-31-26(29)22(17-28)21-16-27(3,4)23-15-25(24(30-5)14-20(21)23)32-18-19(2)37(12,33-35(6,7)8)34-36(9,10)11/h14-15H,2,13,16,18H2,1,3-12H3. The van der Waals surface area contributed by atoms with Crippen molar-refractivity contribution in [3.8, 4) is 17.6 Å². The van der Waals surface area contributed by atoms with Gasteiger partial charge < -0.3 is 22.4 Å². The molecule has 1 aliphatic carbocycles. The topological polar surface area (TPSA) is 87.0 Å². The minimum absolute atomic E-state index is 0.0338. The van der Waals surface area contributed by atoms with E-state index >= 15 is 0 Å². The lowest BCUT2D eigenvalue weighted by molar-refractivity contribution is -0.137. The van der Waals surface area contributed by atoms with Crippen molar-refractivity contribution in [1.29, 1.82) is 5.26 Å². The van der Waals surface area contributed by atoms with Crippen molar-refractivity contribution in [1.82, 2.24) is 0 Å². The third-order valence-corrected chi connectivity index (χ3v) is 15.4. The summed E-state index contributed by atoms with van der Waals surface area (Å²) in [6.07, 6.45) is 0.530. The molecule has 0 saturated heterocycles. The summed E-state index contributed by atoms with van der Waals surface area (Å²) in [5.74, 6) is 0.487. The predicted molar refractivity (Wildman–Crippen MR) is 155 cm³/mol. The first-order valence-corrected chi connectivity index (χ1v) is 21.8. The van der Waals surface area contributed by atoms with Gasteiger partial charge in [-0.2, -0.15) is 5.26 Å². The smallest absolute Gasteiger partial charge is 0.349 e. The lowest BCUT2D eigenvalue weighted by atomic mass is 9.86. The number of benzene rings is 1. The van der Waals surface area contributed by atoms with Crippen LogP contribution in [0.15, 0.2) is 29.5 Å². The first kappa shape index (κ1) is 31.1. The molecule has 0 heterocycles. The summed E-state index contributed by atoms with van der Waals surface area (Å²) in [5, 5.41) is 10.6. The molecule has 7 nitrogen and oxygen atoms in total. The lowest BCUT2D eigenvalue weighted by Crippen LogP contribution is -2.54. The maximum Gasteiger partial charge on any atom is 0.349 e. The van der Waals surface area contributed by atoms with Gasteiger partial charge in [0.15, 0.2) is 28.1 Å².